The number of rotatable bonds is 3. The van der Waals surface area contributed by atoms with Gasteiger partial charge in [-0.3, -0.25) is 14.9 Å². The van der Waals surface area contributed by atoms with Gasteiger partial charge in [-0.05, 0) is 46.3 Å². The van der Waals surface area contributed by atoms with E-state index in [2.05, 4.69) is 21.2 Å². The number of nitrogens with one attached hydrogen (secondary N) is 1. The standard InChI is InChI=1S/C13H10BrN3O4/c14-9-5-7(1-3-10(9)15)13(19)16-11-4-2-8(18)6-12(11)17(20)21/h1-6,18H,15H2,(H,16,19). The molecule has 0 saturated carbocycles. The molecule has 0 aromatic heterocycles. The van der Waals surface area contributed by atoms with Gasteiger partial charge in [-0.1, -0.05) is 0 Å². The number of nitro benzene ring substituents is 1. The first kappa shape index (κ1) is 14.8. The van der Waals surface area contributed by atoms with Crippen LogP contribution in [0.5, 0.6) is 5.75 Å². The van der Waals surface area contributed by atoms with Crippen LogP contribution in [0, 0.1) is 10.1 Å². The molecule has 0 aliphatic carbocycles. The average Bonchev–Trinajstić information content (AvgIpc) is 2.43. The Balaban J connectivity index is 2.31. The molecule has 2 aromatic carbocycles. The number of nitro groups is 1. The number of nitrogen functional groups attached to an aromatic ring is 1. The van der Waals surface area contributed by atoms with Gasteiger partial charge in [-0.15, -0.1) is 0 Å². The minimum atomic E-state index is -0.686. The third kappa shape index (κ3) is 3.29. The number of amides is 1. The quantitative estimate of drug-likeness (QED) is 0.340. The third-order valence-electron chi connectivity index (χ3n) is 2.69. The first-order valence-corrected chi connectivity index (χ1v) is 6.51. The Morgan fingerprint density at radius 3 is 2.62 bits per heavy atom. The number of aromatic hydroxyl groups is 1. The van der Waals surface area contributed by atoms with Crippen LogP contribution in [0.25, 0.3) is 0 Å². The lowest BCUT2D eigenvalue weighted by Crippen LogP contribution is -2.13. The van der Waals surface area contributed by atoms with E-state index in [1.165, 1.54) is 24.3 Å². The summed E-state index contributed by atoms with van der Waals surface area (Å²) in [6, 6.07) is 8.04. The molecule has 4 N–H and O–H groups in total. The Kier molecular flexibility index (Phi) is 4.08. The van der Waals surface area contributed by atoms with Gasteiger partial charge < -0.3 is 16.2 Å². The molecule has 2 rings (SSSR count). The zero-order valence-corrected chi connectivity index (χ0v) is 12.1. The highest BCUT2D eigenvalue weighted by atomic mass is 79.9. The number of halogens is 1. The van der Waals surface area contributed by atoms with Crippen molar-refractivity contribution < 1.29 is 14.8 Å². The van der Waals surface area contributed by atoms with Gasteiger partial charge in [-0.25, -0.2) is 0 Å². The van der Waals surface area contributed by atoms with Gasteiger partial charge in [0, 0.05) is 15.7 Å². The molecule has 0 aliphatic rings. The van der Waals surface area contributed by atoms with Gasteiger partial charge >= 0.3 is 0 Å². The van der Waals surface area contributed by atoms with Gasteiger partial charge in [0.05, 0.1) is 11.0 Å². The zero-order valence-electron chi connectivity index (χ0n) is 10.5. The van der Waals surface area contributed by atoms with Crippen LogP contribution in [-0.2, 0) is 0 Å². The van der Waals surface area contributed by atoms with Gasteiger partial charge in [0.15, 0.2) is 0 Å². The monoisotopic (exact) mass is 351 g/mol. The van der Waals surface area contributed by atoms with E-state index in [9.17, 15) is 20.0 Å². The maximum Gasteiger partial charge on any atom is 0.296 e. The van der Waals surface area contributed by atoms with Crippen molar-refractivity contribution in [2.75, 3.05) is 11.1 Å². The Bertz CT molecular complexity index is 733. The molecule has 8 heteroatoms. The average molecular weight is 352 g/mol. The van der Waals surface area contributed by atoms with Crippen molar-refractivity contribution in [2.45, 2.75) is 0 Å². The lowest BCUT2D eigenvalue weighted by atomic mass is 10.2. The van der Waals surface area contributed by atoms with E-state index in [1.54, 1.807) is 6.07 Å². The number of phenolic OH excluding ortho intramolecular Hbond substituents is 1. The summed E-state index contributed by atoms with van der Waals surface area (Å²) < 4.78 is 0.551. The summed E-state index contributed by atoms with van der Waals surface area (Å²) >= 11 is 3.20. The highest BCUT2D eigenvalue weighted by molar-refractivity contribution is 9.10. The van der Waals surface area contributed by atoms with Crippen molar-refractivity contribution in [1.82, 2.24) is 0 Å². The van der Waals surface area contributed by atoms with Crippen LogP contribution < -0.4 is 11.1 Å². The highest BCUT2D eigenvalue weighted by Gasteiger charge is 2.17. The fourth-order valence-corrected chi connectivity index (χ4v) is 2.02. The number of carbonyl (C=O) groups is 1. The maximum atomic E-state index is 12.1. The summed E-state index contributed by atoms with van der Waals surface area (Å²) in [6.45, 7) is 0. The van der Waals surface area contributed by atoms with Crippen LogP contribution in [0.1, 0.15) is 10.4 Å². The number of carbonyl (C=O) groups excluding carboxylic acids is 1. The van der Waals surface area contributed by atoms with E-state index in [-0.39, 0.29) is 11.4 Å². The fraction of sp³-hybridized carbons (Fsp3) is 0. The predicted molar refractivity (Wildman–Crippen MR) is 81.3 cm³/mol. The van der Waals surface area contributed by atoms with E-state index in [0.29, 0.717) is 15.7 Å². The third-order valence-corrected chi connectivity index (χ3v) is 3.38. The molecule has 0 aliphatic heterocycles. The van der Waals surface area contributed by atoms with E-state index in [0.717, 1.165) is 6.07 Å². The van der Waals surface area contributed by atoms with Crippen molar-refractivity contribution in [2.24, 2.45) is 0 Å². The molecule has 0 heterocycles. The smallest absolute Gasteiger partial charge is 0.296 e. The lowest BCUT2D eigenvalue weighted by Gasteiger charge is -2.07. The first-order valence-electron chi connectivity index (χ1n) is 5.72. The summed E-state index contributed by atoms with van der Waals surface area (Å²) in [6.07, 6.45) is 0. The second kappa shape index (κ2) is 5.80. The summed E-state index contributed by atoms with van der Waals surface area (Å²) in [5.74, 6) is -0.778. The molecule has 0 atom stereocenters. The van der Waals surface area contributed by atoms with Gasteiger partial charge in [0.2, 0.25) is 0 Å². The van der Waals surface area contributed by atoms with E-state index < -0.39 is 16.5 Å². The van der Waals surface area contributed by atoms with Crippen molar-refractivity contribution in [3.63, 3.8) is 0 Å². The molecule has 7 nitrogen and oxygen atoms in total. The summed E-state index contributed by atoms with van der Waals surface area (Å²) in [7, 11) is 0. The molecule has 0 bridgehead atoms. The molecule has 108 valence electrons. The number of phenols is 1. The molecular formula is C13H10BrN3O4. The van der Waals surface area contributed by atoms with Crippen LogP contribution in [0.4, 0.5) is 17.1 Å². The van der Waals surface area contributed by atoms with Gasteiger partial charge in [0.25, 0.3) is 11.6 Å². The van der Waals surface area contributed by atoms with Crippen LogP contribution in [-0.4, -0.2) is 15.9 Å². The Hall–Kier alpha value is -2.61. The van der Waals surface area contributed by atoms with E-state index >= 15 is 0 Å². The molecule has 0 radical (unpaired) electrons. The van der Waals surface area contributed by atoms with Crippen LogP contribution in [0.15, 0.2) is 40.9 Å². The molecule has 0 saturated heterocycles. The largest absolute Gasteiger partial charge is 0.508 e. The molecular weight excluding hydrogens is 342 g/mol. The summed E-state index contributed by atoms with van der Waals surface area (Å²) in [5, 5.41) is 22.6. The molecule has 0 fully saturated rings. The predicted octanol–water partition coefficient (Wildman–Crippen LogP) is 2.90. The lowest BCUT2D eigenvalue weighted by molar-refractivity contribution is -0.384. The molecule has 1 amide bonds. The SMILES string of the molecule is Nc1ccc(C(=O)Nc2ccc(O)cc2[N+](=O)[O-])cc1Br. The molecule has 0 unspecified atom stereocenters. The number of nitrogens with two attached hydrogens (primary N) is 1. The number of anilines is 2. The van der Waals surface area contributed by atoms with Crippen molar-refractivity contribution in [3.8, 4) is 5.75 Å². The Morgan fingerprint density at radius 1 is 1.29 bits per heavy atom. The van der Waals surface area contributed by atoms with Gasteiger partial charge in [0.1, 0.15) is 11.4 Å². The van der Waals surface area contributed by atoms with E-state index in [1.807, 2.05) is 0 Å². The number of hydrogen-bond donors (Lipinski definition) is 3. The second-order valence-corrected chi connectivity index (χ2v) is 5.00. The van der Waals surface area contributed by atoms with E-state index in [4.69, 9.17) is 5.73 Å². The molecule has 21 heavy (non-hydrogen) atoms. The van der Waals surface area contributed by atoms with Crippen molar-refractivity contribution in [3.05, 3.63) is 56.5 Å². The van der Waals surface area contributed by atoms with Crippen LogP contribution in [0.3, 0.4) is 0 Å². The van der Waals surface area contributed by atoms with Crippen molar-refractivity contribution >= 4 is 38.9 Å². The van der Waals surface area contributed by atoms with Gasteiger partial charge in [-0.2, -0.15) is 0 Å². The fourth-order valence-electron chi connectivity index (χ4n) is 1.64. The minimum absolute atomic E-state index is 0.00394. The Labute approximate surface area is 127 Å². The first-order chi connectivity index (χ1) is 9.88. The highest BCUT2D eigenvalue weighted by Crippen LogP contribution is 2.29. The van der Waals surface area contributed by atoms with Crippen LogP contribution >= 0.6 is 15.9 Å². The number of nitrogens with zero attached hydrogens (tertiary/aromatic N) is 1. The second-order valence-electron chi connectivity index (χ2n) is 4.15. The number of hydrogen-bond acceptors (Lipinski definition) is 5. The summed E-state index contributed by atoms with van der Waals surface area (Å²) in [4.78, 5) is 22.3. The minimum Gasteiger partial charge on any atom is -0.508 e. The maximum absolute atomic E-state index is 12.1. The molecule has 0 spiro atoms. The zero-order chi connectivity index (χ0) is 15.6. The van der Waals surface area contributed by atoms with Crippen LogP contribution in [0.2, 0.25) is 0 Å². The normalized spacial score (nSPS) is 10.1. The summed E-state index contributed by atoms with van der Waals surface area (Å²) in [5.41, 5.74) is 6.00. The number of benzene rings is 2. The molecule has 2 aromatic rings. The Morgan fingerprint density at radius 2 is 2.00 bits per heavy atom. The topological polar surface area (TPSA) is 118 Å². The van der Waals surface area contributed by atoms with Crippen molar-refractivity contribution in [1.29, 1.82) is 0 Å².